The molecule has 1 aromatic carbocycles. The zero-order chi connectivity index (χ0) is 10.7. The summed E-state index contributed by atoms with van der Waals surface area (Å²) in [6.45, 7) is 2.61. The Morgan fingerprint density at radius 1 is 1.33 bits per heavy atom. The first-order valence-corrected chi connectivity index (χ1v) is 5.55. The summed E-state index contributed by atoms with van der Waals surface area (Å²) in [4.78, 5) is 11.7. The quantitative estimate of drug-likeness (QED) is 0.689. The fraction of sp³-hybridized carbons (Fsp3) is 0.462. The van der Waals surface area contributed by atoms with Crippen molar-refractivity contribution in [1.82, 2.24) is 0 Å². The van der Waals surface area contributed by atoms with Crippen molar-refractivity contribution < 1.29 is 9.53 Å². The Morgan fingerprint density at radius 2 is 2.00 bits per heavy atom. The molecule has 80 valence electrons. The van der Waals surface area contributed by atoms with E-state index in [2.05, 4.69) is 0 Å². The van der Waals surface area contributed by atoms with Gasteiger partial charge in [-0.2, -0.15) is 0 Å². The molecule has 0 spiro atoms. The van der Waals surface area contributed by atoms with E-state index in [9.17, 15) is 4.79 Å². The third kappa shape index (κ3) is 2.82. The topological polar surface area (TPSA) is 26.3 Å². The van der Waals surface area contributed by atoms with Crippen LogP contribution in [0.3, 0.4) is 0 Å². The van der Waals surface area contributed by atoms with Crippen LogP contribution in [0.4, 0.5) is 0 Å². The first kappa shape index (κ1) is 10.2. The highest BCUT2D eigenvalue weighted by atomic mass is 16.5. The number of rotatable bonds is 5. The average Bonchev–Trinajstić information content (AvgIpc) is 3.03. The maximum Gasteiger partial charge on any atom is 0.163 e. The Kier molecular flexibility index (Phi) is 3.05. The maximum absolute atomic E-state index is 11.7. The fourth-order valence-electron chi connectivity index (χ4n) is 1.61. The van der Waals surface area contributed by atoms with Crippen LogP contribution in [0.15, 0.2) is 24.3 Å². The minimum atomic E-state index is 0.264. The van der Waals surface area contributed by atoms with Crippen LogP contribution in [-0.2, 0) is 0 Å². The van der Waals surface area contributed by atoms with Crippen molar-refractivity contribution in [3.63, 3.8) is 0 Å². The molecule has 1 aliphatic carbocycles. The maximum atomic E-state index is 11.7. The zero-order valence-corrected chi connectivity index (χ0v) is 9.03. The van der Waals surface area contributed by atoms with Crippen molar-refractivity contribution in [3.8, 4) is 5.75 Å². The molecule has 0 N–H and O–H groups in total. The van der Waals surface area contributed by atoms with Crippen LogP contribution in [0.5, 0.6) is 5.75 Å². The molecule has 0 amide bonds. The second-order valence-corrected chi connectivity index (χ2v) is 4.03. The van der Waals surface area contributed by atoms with Gasteiger partial charge in [0.05, 0.1) is 6.61 Å². The molecule has 0 unspecified atom stereocenters. The Bertz CT molecular complexity index is 336. The van der Waals surface area contributed by atoms with Crippen molar-refractivity contribution in [2.45, 2.75) is 26.2 Å². The summed E-state index contributed by atoms with van der Waals surface area (Å²) >= 11 is 0. The Morgan fingerprint density at radius 3 is 2.53 bits per heavy atom. The minimum Gasteiger partial charge on any atom is -0.494 e. The fourth-order valence-corrected chi connectivity index (χ4v) is 1.61. The van der Waals surface area contributed by atoms with E-state index in [1.165, 1.54) is 12.8 Å². The Hall–Kier alpha value is -1.31. The lowest BCUT2D eigenvalue weighted by Gasteiger charge is -2.04. The smallest absolute Gasteiger partial charge is 0.163 e. The lowest BCUT2D eigenvalue weighted by Crippen LogP contribution is -2.00. The number of benzene rings is 1. The monoisotopic (exact) mass is 204 g/mol. The Labute approximate surface area is 90.3 Å². The molecule has 0 aromatic heterocycles. The highest BCUT2D eigenvalue weighted by Crippen LogP contribution is 2.33. The predicted molar refractivity (Wildman–Crippen MR) is 59.3 cm³/mol. The molecule has 0 aliphatic heterocycles. The lowest BCUT2D eigenvalue weighted by molar-refractivity contribution is 0.0976. The van der Waals surface area contributed by atoms with Crippen molar-refractivity contribution in [2.24, 2.45) is 5.92 Å². The van der Waals surface area contributed by atoms with E-state index < -0.39 is 0 Å². The normalized spacial score (nSPS) is 15.0. The summed E-state index contributed by atoms with van der Waals surface area (Å²) in [5.41, 5.74) is 0.811. The summed E-state index contributed by atoms with van der Waals surface area (Å²) in [6.07, 6.45) is 3.17. The molecule has 15 heavy (non-hydrogen) atoms. The summed E-state index contributed by atoms with van der Waals surface area (Å²) < 4.78 is 5.32. The van der Waals surface area contributed by atoms with Crippen LogP contribution in [0, 0.1) is 5.92 Å². The molecule has 0 saturated heterocycles. The number of carbonyl (C=O) groups is 1. The van der Waals surface area contributed by atoms with Crippen molar-refractivity contribution in [3.05, 3.63) is 29.8 Å². The highest BCUT2D eigenvalue weighted by Gasteiger charge is 2.24. The molecule has 0 bridgehead atoms. The van der Waals surface area contributed by atoms with Crippen molar-refractivity contribution in [2.75, 3.05) is 6.61 Å². The molecule has 2 nitrogen and oxygen atoms in total. The van der Waals surface area contributed by atoms with Gasteiger partial charge in [-0.1, -0.05) is 0 Å². The van der Waals surface area contributed by atoms with Crippen LogP contribution in [-0.4, -0.2) is 12.4 Å². The second-order valence-electron chi connectivity index (χ2n) is 4.03. The van der Waals surface area contributed by atoms with E-state index in [0.29, 0.717) is 18.9 Å². The van der Waals surface area contributed by atoms with Gasteiger partial charge in [0.1, 0.15) is 5.75 Å². The minimum absolute atomic E-state index is 0.264. The number of hydrogen-bond donors (Lipinski definition) is 0. The van der Waals surface area contributed by atoms with Gasteiger partial charge < -0.3 is 4.74 Å². The first-order chi connectivity index (χ1) is 7.29. The van der Waals surface area contributed by atoms with E-state index in [-0.39, 0.29) is 5.78 Å². The van der Waals surface area contributed by atoms with Gasteiger partial charge in [-0.05, 0) is 49.9 Å². The number of ether oxygens (including phenoxy) is 1. The second kappa shape index (κ2) is 4.47. The van der Waals surface area contributed by atoms with E-state index in [1.807, 2.05) is 31.2 Å². The molecule has 1 fully saturated rings. The third-order valence-electron chi connectivity index (χ3n) is 2.66. The molecule has 1 aromatic rings. The molecular formula is C13H16O2. The largest absolute Gasteiger partial charge is 0.494 e. The van der Waals surface area contributed by atoms with Crippen molar-refractivity contribution in [1.29, 1.82) is 0 Å². The van der Waals surface area contributed by atoms with Crippen LogP contribution < -0.4 is 4.74 Å². The molecule has 0 heterocycles. The highest BCUT2D eigenvalue weighted by molar-refractivity contribution is 5.96. The first-order valence-electron chi connectivity index (χ1n) is 5.55. The van der Waals surface area contributed by atoms with E-state index in [1.54, 1.807) is 0 Å². The molecule has 2 heteroatoms. The standard InChI is InChI=1S/C13H16O2/c1-2-15-12-7-5-11(6-8-12)13(14)9-10-3-4-10/h5-8,10H,2-4,9H2,1H3. The van der Waals surface area contributed by atoms with Crippen LogP contribution in [0.2, 0.25) is 0 Å². The van der Waals surface area contributed by atoms with Gasteiger partial charge in [0.2, 0.25) is 0 Å². The van der Waals surface area contributed by atoms with E-state index in [4.69, 9.17) is 4.74 Å². The Balaban J connectivity index is 1.98. The average molecular weight is 204 g/mol. The van der Waals surface area contributed by atoms with Gasteiger partial charge >= 0.3 is 0 Å². The summed E-state index contributed by atoms with van der Waals surface area (Å²) in [5, 5.41) is 0. The summed E-state index contributed by atoms with van der Waals surface area (Å²) in [5.74, 6) is 1.75. The van der Waals surface area contributed by atoms with Gasteiger partial charge in [0, 0.05) is 12.0 Å². The number of Topliss-reactive ketones (excluding diaryl/α,β-unsaturated/α-hetero) is 1. The summed E-state index contributed by atoms with van der Waals surface area (Å²) in [7, 11) is 0. The van der Waals surface area contributed by atoms with E-state index >= 15 is 0 Å². The molecule has 1 saturated carbocycles. The molecule has 2 rings (SSSR count). The number of carbonyl (C=O) groups excluding carboxylic acids is 1. The van der Waals surface area contributed by atoms with Crippen LogP contribution in [0.25, 0.3) is 0 Å². The lowest BCUT2D eigenvalue weighted by atomic mass is 10.1. The van der Waals surface area contributed by atoms with E-state index in [0.717, 1.165) is 11.3 Å². The van der Waals surface area contributed by atoms with Gasteiger partial charge in [-0.15, -0.1) is 0 Å². The van der Waals surface area contributed by atoms with Gasteiger partial charge in [-0.3, -0.25) is 4.79 Å². The SMILES string of the molecule is CCOc1ccc(C(=O)CC2CC2)cc1. The summed E-state index contributed by atoms with van der Waals surface area (Å²) in [6, 6.07) is 7.44. The molecule has 0 radical (unpaired) electrons. The molecular weight excluding hydrogens is 188 g/mol. The number of ketones is 1. The van der Waals surface area contributed by atoms with Gasteiger partial charge in [-0.25, -0.2) is 0 Å². The van der Waals surface area contributed by atoms with Gasteiger partial charge in [0.25, 0.3) is 0 Å². The van der Waals surface area contributed by atoms with Gasteiger partial charge in [0.15, 0.2) is 5.78 Å². The molecule has 1 aliphatic rings. The third-order valence-corrected chi connectivity index (χ3v) is 2.66. The zero-order valence-electron chi connectivity index (χ0n) is 9.03. The predicted octanol–water partition coefficient (Wildman–Crippen LogP) is 3.07. The molecule has 0 atom stereocenters. The van der Waals surface area contributed by atoms with Crippen LogP contribution >= 0.6 is 0 Å². The number of hydrogen-bond acceptors (Lipinski definition) is 2. The van der Waals surface area contributed by atoms with Crippen molar-refractivity contribution >= 4 is 5.78 Å². The van der Waals surface area contributed by atoms with Crippen LogP contribution in [0.1, 0.15) is 36.5 Å².